The van der Waals surface area contributed by atoms with Gasteiger partial charge in [-0.25, -0.2) is 4.98 Å². The Labute approximate surface area is 149 Å². The Balaban J connectivity index is 0.000000126. The number of H-pyrrole nitrogens is 1. The van der Waals surface area contributed by atoms with Gasteiger partial charge in [0.1, 0.15) is 14.8 Å². The molecule has 0 spiro atoms. The molecule has 4 rings (SSSR count). The number of thiophene rings is 2. The average Bonchev–Trinajstić information content (AvgIpc) is 3.00. The maximum Gasteiger partial charge on any atom is 0.130 e. The molecule has 1 N–H and O–H groups in total. The van der Waals surface area contributed by atoms with E-state index in [9.17, 15) is 0 Å². The summed E-state index contributed by atoms with van der Waals surface area (Å²) in [6.45, 7) is 4.15. The zero-order chi connectivity index (χ0) is 15.0. The van der Waals surface area contributed by atoms with Crippen LogP contribution in [-0.4, -0.2) is 9.97 Å². The predicted octanol–water partition coefficient (Wildman–Crippen LogP) is 6.40. The van der Waals surface area contributed by atoms with Crippen LogP contribution >= 0.6 is 56.9 Å². The number of aryl methyl sites for hydroxylation is 2. The molecular weight excluding hydrogens is 435 g/mol. The highest BCUT2D eigenvalue weighted by Crippen LogP contribution is 2.26. The Hall–Kier alpha value is -0.630. The van der Waals surface area contributed by atoms with Gasteiger partial charge >= 0.3 is 0 Å². The van der Waals surface area contributed by atoms with Crippen molar-refractivity contribution < 1.29 is 0 Å². The van der Waals surface area contributed by atoms with Gasteiger partial charge in [0, 0.05) is 21.3 Å². The quantitative estimate of drug-likeness (QED) is 0.246. The Bertz CT molecular complexity index is 844. The zero-order valence-corrected chi connectivity index (χ0v) is 16.0. The molecule has 2 nitrogen and oxygen atoms in total. The topological polar surface area (TPSA) is 28.7 Å². The van der Waals surface area contributed by atoms with Crippen LogP contribution in [0.5, 0.6) is 0 Å². The number of rotatable bonds is 0. The molecular formula is C15H12ClIN2S2. The largest absolute Gasteiger partial charge is 0.350 e. The van der Waals surface area contributed by atoms with Gasteiger partial charge in [-0.05, 0) is 66.8 Å². The van der Waals surface area contributed by atoms with Gasteiger partial charge in [0.25, 0.3) is 0 Å². The summed E-state index contributed by atoms with van der Waals surface area (Å²) in [5.41, 5.74) is 1.25. The fraction of sp³-hybridized carbons (Fsp3) is 0.133. The van der Waals surface area contributed by atoms with Gasteiger partial charge in [-0.2, -0.15) is 0 Å². The summed E-state index contributed by atoms with van der Waals surface area (Å²) in [6.07, 6.45) is 0. The van der Waals surface area contributed by atoms with Crippen LogP contribution in [0.25, 0.3) is 20.4 Å². The molecule has 4 heterocycles. The van der Waals surface area contributed by atoms with Crippen molar-refractivity contribution in [3.8, 4) is 0 Å². The van der Waals surface area contributed by atoms with Crippen LogP contribution < -0.4 is 0 Å². The van der Waals surface area contributed by atoms with Crippen molar-refractivity contribution in [1.82, 2.24) is 9.97 Å². The number of hydrogen-bond donors (Lipinski definition) is 1. The molecule has 0 radical (unpaired) electrons. The van der Waals surface area contributed by atoms with Gasteiger partial charge in [-0.3, -0.25) is 0 Å². The number of nitrogens with zero attached hydrogens (tertiary/aromatic N) is 1. The fourth-order valence-electron chi connectivity index (χ4n) is 2.05. The Kier molecular flexibility index (Phi) is 4.54. The third kappa shape index (κ3) is 3.59. The molecule has 0 aliphatic rings. The van der Waals surface area contributed by atoms with E-state index < -0.39 is 0 Å². The maximum absolute atomic E-state index is 5.72. The van der Waals surface area contributed by atoms with Crippen molar-refractivity contribution in [2.45, 2.75) is 13.8 Å². The van der Waals surface area contributed by atoms with Crippen molar-refractivity contribution in [2.75, 3.05) is 0 Å². The van der Waals surface area contributed by atoms with E-state index in [1.54, 1.807) is 22.7 Å². The number of hydrogen-bond acceptors (Lipinski definition) is 3. The molecule has 0 amide bonds. The van der Waals surface area contributed by atoms with E-state index in [2.05, 4.69) is 64.6 Å². The van der Waals surface area contributed by atoms with Gasteiger partial charge in [0.05, 0.1) is 2.88 Å². The minimum Gasteiger partial charge on any atom is -0.350 e. The highest BCUT2D eigenvalue weighted by molar-refractivity contribution is 14.1. The van der Waals surface area contributed by atoms with E-state index in [1.807, 2.05) is 12.1 Å². The predicted molar refractivity (Wildman–Crippen MR) is 103 cm³/mol. The van der Waals surface area contributed by atoms with Crippen LogP contribution in [0.1, 0.15) is 10.6 Å². The summed E-state index contributed by atoms with van der Waals surface area (Å²) >= 11 is 11.5. The van der Waals surface area contributed by atoms with E-state index in [4.69, 9.17) is 11.6 Å². The molecule has 0 saturated carbocycles. The number of halogens is 2. The van der Waals surface area contributed by atoms with Gasteiger partial charge in [0.2, 0.25) is 0 Å². The van der Waals surface area contributed by atoms with Crippen LogP contribution in [0.3, 0.4) is 0 Å². The molecule has 4 aromatic rings. The van der Waals surface area contributed by atoms with E-state index in [0.29, 0.717) is 5.15 Å². The van der Waals surface area contributed by atoms with Gasteiger partial charge in [0.15, 0.2) is 0 Å². The van der Waals surface area contributed by atoms with E-state index in [1.165, 1.54) is 29.1 Å². The molecule has 0 bridgehead atoms. The molecule has 0 aliphatic carbocycles. The van der Waals surface area contributed by atoms with Crippen molar-refractivity contribution in [2.24, 2.45) is 0 Å². The number of aromatic amines is 1. The molecule has 0 aromatic carbocycles. The summed E-state index contributed by atoms with van der Waals surface area (Å²) in [7, 11) is 0. The molecule has 0 saturated heterocycles. The second-order valence-corrected chi connectivity index (χ2v) is 9.24. The average molecular weight is 447 g/mol. The Morgan fingerprint density at radius 3 is 2.67 bits per heavy atom. The summed E-state index contributed by atoms with van der Waals surface area (Å²) in [5, 5.41) is 3.09. The lowest BCUT2D eigenvalue weighted by atomic mass is 10.3. The van der Waals surface area contributed by atoms with Crippen molar-refractivity contribution in [1.29, 1.82) is 0 Å². The van der Waals surface area contributed by atoms with Crippen molar-refractivity contribution in [3.63, 3.8) is 0 Å². The molecule has 0 fully saturated rings. The minimum absolute atomic E-state index is 0.569. The summed E-state index contributed by atoms with van der Waals surface area (Å²) in [5.74, 6) is 0. The molecule has 0 atom stereocenters. The number of fused-ring (bicyclic) bond motifs is 2. The van der Waals surface area contributed by atoms with E-state index >= 15 is 0 Å². The van der Waals surface area contributed by atoms with Crippen LogP contribution in [-0.2, 0) is 0 Å². The normalized spacial score (nSPS) is 10.9. The van der Waals surface area contributed by atoms with Crippen LogP contribution in [0, 0.1) is 16.7 Å². The van der Waals surface area contributed by atoms with Crippen LogP contribution in [0.2, 0.25) is 5.15 Å². The highest BCUT2D eigenvalue weighted by Gasteiger charge is 2.00. The summed E-state index contributed by atoms with van der Waals surface area (Å²) in [4.78, 5) is 11.1. The highest BCUT2D eigenvalue weighted by atomic mass is 127. The molecule has 0 unspecified atom stereocenters. The lowest BCUT2D eigenvalue weighted by Crippen LogP contribution is -1.70. The van der Waals surface area contributed by atoms with Crippen molar-refractivity contribution >= 4 is 77.3 Å². The van der Waals surface area contributed by atoms with Gasteiger partial charge in [-0.1, -0.05) is 11.6 Å². The van der Waals surface area contributed by atoms with Gasteiger partial charge < -0.3 is 4.98 Å². The first-order valence-corrected chi connectivity index (χ1v) is 9.37. The standard InChI is InChI=1S/C8H6ClNS.C7H6INS/c1-5-4-6-2-3-7(9)10-8(6)11-5;1-4-2-5-3-6(8)10-7(5)9-4/h2-4H,1H3;2-3,9H,1H3. The summed E-state index contributed by atoms with van der Waals surface area (Å²) < 4.78 is 1.35. The first kappa shape index (κ1) is 15.3. The van der Waals surface area contributed by atoms with Crippen LogP contribution in [0.15, 0.2) is 30.3 Å². The van der Waals surface area contributed by atoms with Crippen molar-refractivity contribution in [3.05, 3.63) is 48.9 Å². The Morgan fingerprint density at radius 1 is 1.10 bits per heavy atom. The number of pyridine rings is 1. The second kappa shape index (κ2) is 6.24. The van der Waals surface area contributed by atoms with Gasteiger partial charge in [-0.15, -0.1) is 22.7 Å². The fourth-order valence-corrected chi connectivity index (χ4v) is 4.95. The SMILES string of the molecule is Cc1cc2cc(I)sc2[nH]1.Cc1cc2ccc(Cl)nc2s1. The first-order chi connectivity index (χ1) is 10.0. The lowest BCUT2D eigenvalue weighted by molar-refractivity contribution is 1.31. The smallest absolute Gasteiger partial charge is 0.130 e. The lowest BCUT2D eigenvalue weighted by Gasteiger charge is -1.87. The number of nitrogens with one attached hydrogen (secondary N) is 1. The summed E-state index contributed by atoms with van der Waals surface area (Å²) in [6, 6.07) is 10.3. The third-order valence-electron chi connectivity index (χ3n) is 2.89. The maximum atomic E-state index is 5.72. The zero-order valence-electron chi connectivity index (χ0n) is 11.4. The molecule has 6 heteroatoms. The van der Waals surface area contributed by atoms with Crippen LogP contribution in [0.4, 0.5) is 0 Å². The Morgan fingerprint density at radius 2 is 1.90 bits per heavy atom. The molecule has 21 heavy (non-hydrogen) atoms. The second-order valence-electron chi connectivity index (χ2n) is 4.67. The number of aromatic nitrogens is 2. The monoisotopic (exact) mass is 446 g/mol. The first-order valence-electron chi connectivity index (χ1n) is 6.28. The molecule has 108 valence electrons. The minimum atomic E-state index is 0.569. The molecule has 0 aliphatic heterocycles. The molecule has 4 aromatic heterocycles. The van der Waals surface area contributed by atoms with E-state index in [-0.39, 0.29) is 0 Å². The van der Waals surface area contributed by atoms with E-state index in [0.717, 1.165) is 4.83 Å². The third-order valence-corrected chi connectivity index (χ3v) is 5.88.